The molecule has 0 aliphatic carbocycles. The van der Waals surface area contributed by atoms with E-state index in [1.165, 1.54) is 11.0 Å². The number of benzene rings is 1. The minimum absolute atomic E-state index is 0.125. The van der Waals surface area contributed by atoms with Gasteiger partial charge in [-0.1, -0.05) is 12.1 Å². The molecule has 0 saturated carbocycles. The minimum Gasteiger partial charge on any atom is -0.278 e. The molecule has 2 rings (SSSR count). The summed E-state index contributed by atoms with van der Waals surface area (Å²) in [6.45, 7) is 0.509. The second-order valence-electron chi connectivity index (χ2n) is 3.70. The Kier molecular flexibility index (Phi) is 3.01. The third-order valence-corrected chi connectivity index (χ3v) is 2.57. The molecule has 0 radical (unpaired) electrons. The van der Waals surface area contributed by atoms with Crippen LogP contribution in [0.5, 0.6) is 0 Å². The van der Waals surface area contributed by atoms with Crippen LogP contribution in [0, 0.1) is 11.3 Å². The van der Waals surface area contributed by atoms with Crippen molar-refractivity contribution < 1.29 is 9.59 Å². The summed E-state index contributed by atoms with van der Waals surface area (Å²) in [5.74, 6) is -0.412. The fourth-order valence-corrected chi connectivity index (χ4v) is 1.47. The second-order valence-corrected chi connectivity index (χ2v) is 3.70. The fourth-order valence-electron chi connectivity index (χ4n) is 1.47. The highest BCUT2D eigenvalue weighted by molar-refractivity contribution is 6.05. The third kappa shape index (κ3) is 2.40. The summed E-state index contributed by atoms with van der Waals surface area (Å²) in [7, 11) is 0. The molecule has 0 unspecified atom stereocenters. The number of hydrogen-bond donors (Lipinski definition) is 0. The lowest BCUT2D eigenvalue weighted by atomic mass is 10.1. The first-order chi connectivity index (χ1) is 8.20. The Labute approximate surface area is 98.8 Å². The first-order valence-corrected chi connectivity index (χ1v) is 5.23. The summed E-state index contributed by atoms with van der Waals surface area (Å²) in [5.41, 5.74) is 1.40. The number of likely N-dealkylation sites (tertiary alicyclic amines) is 1. The number of rotatable bonds is 2. The molecule has 4 nitrogen and oxygen atoms in total. The van der Waals surface area contributed by atoms with Crippen LogP contribution in [0.15, 0.2) is 30.3 Å². The maximum atomic E-state index is 11.5. The summed E-state index contributed by atoms with van der Waals surface area (Å²) in [4.78, 5) is 23.7. The Hall–Kier alpha value is -2.41. The predicted octanol–water partition coefficient (Wildman–Crippen LogP) is 1.33. The smallest absolute Gasteiger partial charge is 0.253 e. The average molecular weight is 226 g/mol. The summed E-state index contributed by atoms with van der Waals surface area (Å²) in [6.07, 6.45) is 3.46. The summed E-state index contributed by atoms with van der Waals surface area (Å²) < 4.78 is 0. The van der Waals surface area contributed by atoms with Crippen molar-refractivity contribution in [1.82, 2.24) is 4.90 Å². The lowest BCUT2D eigenvalue weighted by molar-refractivity contribution is -0.149. The maximum Gasteiger partial charge on any atom is 0.253 e. The zero-order chi connectivity index (χ0) is 12.3. The zero-order valence-corrected chi connectivity index (χ0v) is 9.09. The van der Waals surface area contributed by atoms with Crippen molar-refractivity contribution >= 4 is 17.9 Å². The number of amides is 2. The van der Waals surface area contributed by atoms with Gasteiger partial charge in [-0.15, -0.1) is 0 Å². The lowest BCUT2D eigenvalue weighted by Gasteiger charge is -2.27. The lowest BCUT2D eigenvalue weighted by Crippen LogP contribution is -2.46. The summed E-state index contributed by atoms with van der Waals surface area (Å²) in [6, 6.07) is 8.88. The molecule has 1 aliphatic heterocycles. The standard InChI is InChI=1S/C13H10N2O2/c14-9-11-3-1-10(2-4-11)5-6-12(16)15-8-7-13(15)17/h1-6H,7-8H2/b6-5+. The Morgan fingerprint density at radius 3 is 2.53 bits per heavy atom. The van der Waals surface area contributed by atoms with E-state index in [4.69, 9.17) is 5.26 Å². The molecule has 1 aromatic carbocycles. The molecule has 1 aliphatic rings. The zero-order valence-electron chi connectivity index (χ0n) is 9.09. The van der Waals surface area contributed by atoms with Crippen LogP contribution >= 0.6 is 0 Å². The number of β-lactam (4-membered cyclic amide) rings is 1. The van der Waals surface area contributed by atoms with E-state index in [9.17, 15) is 9.59 Å². The van der Waals surface area contributed by atoms with Gasteiger partial charge in [0.2, 0.25) is 5.91 Å². The van der Waals surface area contributed by atoms with E-state index >= 15 is 0 Å². The maximum absolute atomic E-state index is 11.5. The van der Waals surface area contributed by atoms with Gasteiger partial charge < -0.3 is 0 Å². The van der Waals surface area contributed by atoms with E-state index in [2.05, 4.69) is 0 Å². The van der Waals surface area contributed by atoms with Crippen LogP contribution in [0.1, 0.15) is 17.5 Å². The number of nitriles is 1. The number of imide groups is 1. The van der Waals surface area contributed by atoms with E-state index in [1.54, 1.807) is 30.3 Å². The van der Waals surface area contributed by atoms with E-state index in [0.29, 0.717) is 18.5 Å². The molecule has 1 fully saturated rings. The molecule has 0 aromatic heterocycles. The Morgan fingerprint density at radius 2 is 2.06 bits per heavy atom. The summed E-state index contributed by atoms with van der Waals surface area (Å²) in [5, 5.41) is 8.62. The van der Waals surface area contributed by atoms with Crippen LogP contribution in [0.25, 0.3) is 6.08 Å². The van der Waals surface area contributed by atoms with Gasteiger partial charge in [-0.05, 0) is 23.8 Å². The second kappa shape index (κ2) is 4.62. The average Bonchev–Trinajstić information content (AvgIpc) is 2.35. The SMILES string of the molecule is N#Cc1ccc(/C=C/C(=O)N2CCC2=O)cc1. The summed E-state index contributed by atoms with van der Waals surface area (Å²) >= 11 is 0. The molecule has 1 heterocycles. The van der Waals surface area contributed by atoms with E-state index in [-0.39, 0.29) is 11.8 Å². The predicted molar refractivity (Wildman–Crippen MR) is 61.5 cm³/mol. The molecule has 4 heteroatoms. The highest BCUT2D eigenvalue weighted by atomic mass is 16.2. The van der Waals surface area contributed by atoms with Gasteiger partial charge in [-0.2, -0.15) is 5.26 Å². The molecule has 0 bridgehead atoms. The largest absolute Gasteiger partial charge is 0.278 e. The number of carbonyl (C=O) groups excluding carboxylic acids is 2. The topological polar surface area (TPSA) is 61.2 Å². The van der Waals surface area contributed by atoms with Gasteiger partial charge in [0.15, 0.2) is 0 Å². The number of hydrogen-bond acceptors (Lipinski definition) is 3. The van der Waals surface area contributed by atoms with Crippen molar-refractivity contribution in [1.29, 1.82) is 5.26 Å². The molecular formula is C13H10N2O2. The number of nitrogens with zero attached hydrogens (tertiary/aromatic N) is 2. The van der Waals surface area contributed by atoms with Crippen LogP contribution in [0.3, 0.4) is 0 Å². The highest BCUT2D eigenvalue weighted by Crippen LogP contribution is 2.10. The van der Waals surface area contributed by atoms with Crippen LogP contribution in [0.2, 0.25) is 0 Å². The van der Waals surface area contributed by atoms with Gasteiger partial charge >= 0.3 is 0 Å². The van der Waals surface area contributed by atoms with Crippen molar-refractivity contribution in [2.24, 2.45) is 0 Å². The van der Waals surface area contributed by atoms with Crippen LogP contribution in [0.4, 0.5) is 0 Å². The quantitative estimate of drug-likeness (QED) is 0.564. The van der Waals surface area contributed by atoms with Crippen molar-refractivity contribution in [3.05, 3.63) is 41.5 Å². The minimum atomic E-state index is -0.286. The Balaban J connectivity index is 2.02. The molecule has 2 amide bonds. The van der Waals surface area contributed by atoms with E-state index in [1.807, 2.05) is 6.07 Å². The Morgan fingerprint density at radius 1 is 1.35 bits per heavy atom. The fraction of sp³-hybridized carbons (Fsp3) is 0.154. The first-order valence-electron chi connectivity index (χ1n) is 5.23. The van der Waals surface area contributed by atoms with Gasteiger partial charge in [0.25, 0.3) is 5.91 Å². The van der Waals surface area contributed by atoms with Crippen LogP contribution < -0.4 is 0 Å². The van der Waals surface area contributed by atoms with Crippen LogP contribution in [-0.4, -0.2) is 23.3 Å². The normalized spacial score (nSPS) is 14.5. The molecule has 0 spiro atoms. The van der Waals surface area contributed by atoms with Gasteiger partial charge in [0.05, 0.1) is 11.6 Å². The first kappa shape index (κ1) is 11.1. The van der Waals surface area contributed by atoms with Crippen molar-refractivity contribution in [2.75, 3.05) is 6.54 Å². The monoisotopic (exact) mass is 226 g/mol. The molecule has 1 saturated heterocycles. The van der Waals surface area contributed by atoms with Crippen molar-refractivity contribution in [2.45, 2.75) is 6.42 Å². The molecule has 0 N–H and O–H groups in total. The van der Waals surface area contributed by atoms with Crippen molar-refractivity contribution in [3.63, 3.8) is 0 Å². The van der Waals surface area contributed by atoms with E-state index < -0.39 is 0 Å². The molecule has 17 heavy (non-hydrogen) atoms. The number of carbonyl (C=O) groups is 2. The van der Waals surface area contributed by atoms with E-state index in [0.717, 1.165) is 5.56 Å². The molecule has 0 atom stereocenters. The van der Waals surface area contributed by atoms with Gasteiger partial charge in [0, 0.05) is 19.0 Å². The third-order valence-electron chi connectivity index (χ3n) is 2.57. The van der Waals surface area contributed by atoms with Gasteiger partial charge in [-0.3, -0.25) is 14.5 Å². The van der Waals surface area contributed by atoms with Gasteiger partial charge in [-0.25, -0.2) is 0 Å². The highest BCUT2D eigenvalue weighted by Gasteiger charge is 2.27. The van der Waals surface area contributed by atoms with Crippen LogP contribution in [-0.2, 0) is 9.59 Å². The Bertz CT molecular complexity index is 523. The molecular weight excluding hydrogens is 216 g/mol. The molecule has 1 aromatic rings. The molecule has 84 valence electrons. The van der Waals surface area contributed by atoms with Crippen molar-refractivity contribution in [3.8, 4) is 6.07 Å². The van der Waals surface area contributed by atoms with Gasteiger partial charge in [0.1, 0.15) is 0 Å².